The monoisotopic (exact) mass is 635 g/mol. The van der Waals surface area contributed by atoms with Gasteiger partial charge in [0, 0.05) is 51.4 Å². The van der Waals surface area contributed by atoms with E-state index in [-0.39, 0.29) is 41.2 Å². The van der Waals surface area contributed by atoms with Gasteiger partial charge in [0.05, 0.1) is 33.2 Å². The fourth-order valence-electron chi connectivity index (χ4n) is 4.52. The van der Waals surface area contributed by atoms with Gasteiger partial charge in [-0.2, -0.15) is 23.5 Å². The Labute approximate surface area is 273 Å². The molecule has 1 rings (SSSR count). The van der Waals surface area contributed by atoms with Crippen LogP contribution in [0.3, 0.4) is 0 Å². The van der Waals surface area contributed by atoms with Crippen LogP contribution in [0.25, 0.3) is 0 Å². The van der Waals surface area contributed by atoms with Crippen molar-refractivity contribution in [2.75, 3.05) is 18.1 Å². The molecule has 14 heteroatoms. The molecule has 1 fully saturated rings. The number of thioether (sulfide) groups is 2. The van der Waals surface area contributed by atoms with Gasteiger partial charge in [-0.1, -0.05) is 34.6 Å². The molecular weight excluding hydrogens is 578 g/mol. The van der Waals surface area contributed by atoms with E-state index in [1.54, 1.807) is 18.7 Å². The van der Waals surface area contributed by atoms with Gasteiger partial charge in [-0.25, -0.2) is 0 Å². The topological polar surface area (TPSA) is 128 Å². The summed E-state index contributed by atoms with van der Waals surface area (Å²) in [5.74, 6) is 1.23. The maximum Gasteiger partial charge on any atom is 0.226 e. The third-order valence-electron chi connectivity index (χ3n) is 7.95. The molecule has 0 aromatic carbocycles. The Hall–Kier alpha value is -0.680. The lowest BCUT2D eigenvalue weighted by Crippen LogP contribution is -2.51. The Morgan fingerprint density at radius 1 is 0.860 bits per heavy atom. The van der Waals surface area contributed by atoms with Crippen LogP contribution in [0.15, 0.2) is 0 Å². The fourth-order valence-corrected chi connectivity index (χ4v) is 7.72. The Bertz CT molecular complexity index is 957. The highest BCUT2D eigenvalue weighted by molar-refractivity contribution is 8.04. The summed E-state index contributed by atoms with van der Waals surface area (Å²) in [6, 6.07) is -0.710. The number of nitrogens with two attached hydrogens (primary N) is 1. The SMILES string of the molecule is BBC(=O)C(CSC1CCC1SCC(NC(C)(C)C)C(=O)BB)NC(=O)C(C)(C)CCOC(C)(N)CCC(=O)C(C)(C)C. The van der Waals surface area contributed by atoms with Crippen molar-refractivity contribution in [3.63, 3.8) is 0 Å². The third kappa shape index (κ3) is 15.0. The highest BCUT2D eigenvalue weighted by atomic mass is 32.2. The van der Waals surface area contributed by atoms with Crippen molar-refractivity contribution in [3.8, 4) is 0 Å². The number of Topliss-reactive ketones (excluding diaryl/α,β-unsaturated/α-hetero) is 1. The minimum atomic E-state index is -0.963. The molecule has 0 saturated heterocycles. The molecule has 0 aromatic heterocycles. The Kier molecular flexibility index (Phi) is 16.2. The second-order valence-electron chi connectivity index (χ2n) is 14.9. The maximum absolute atomic E-state index is 13.3. The van der Waals surface area contributed by atoms with E-state index < -0.39 is 22.6 Å². The van der Waals surface area contributed by atoms with Crippen LogP contribution in [-0.4, -0.2) is 105 Å². The van der Waals surface area contributed by atoms with Gasteiger partial charge < -0.3 is 30.7 Å². The zero-order valence-electron chi connectivity index (χ0n) is 28.8. The maximum atomic E-state index is 13.3. The molecule has 0 spiro atoms. The van der Waals surface area contributed by atoms with Crippen LogP contribution < -0.4 is 16.4 Å². The number of carbonyl (C=O) groups excluding carboxylic acids is 4. The number of hydrogen-bond acceptors (Lipinski definition) is 9. The van der Waals surface area contributed by atoms with Crippen molar-refractivity contribution in [1.29, 1.82) is 0 Å². The van der Waals surface area contributed by atoms with Gasteiger partial charge >= 0.3 is 0 Å². The van der Waals surface area contributed by atoms with Gasteiger partial charge in [0.2, 0.25) is 5.91 Å². The van der Waals surface area contributed by atoms with Crippen LogP contribution in [0, 0.1) is 10.8 Å². The zero-order valence-corrected chi connectivity index (χ0v) is 30.4. The third-order valence-corrected chi connectivity index (χ3v) is 11.2. The standard InChI is InChI=1S/C29H57B4N3O5S2/c1-26(2,3)22(37)12-13-29(9,34)41-15-14-28(7,8)25(40)35-18(23(38)32-30)16-42-20-10-11-21(20)43-17-19(24(39)33-31)36-27(4,5)6/h18-21,32-33,36H,10-17,30-31,34H2,1-9H3,(H,35,40). The molecule has 5 atom stereocenters. The number of ketones is 1. The molecule has 242 valence electrons. The highest BCUT2D eigenvalue weighted by Gasteiger charge is 2.36. The molecule has 43 heavy (non-hydrogen) atoms. The summed E-state index contributed by atoms with van der Waals surface area (Å²) < 4.78 is 5.90. The average molecular weight is 635 g/mol. The lowest BCUT2D eigenvalue weighted by atomic mass is 9.51. The average Bonchev–Trinajstić information content (AvgIpc) is 2.87. The van der Waals surface area contributed by atoms with Crippen molar-refractivity contribution in [1.82, 2.24) is 10.6 Å². The minimum Gasteiger partial charge on any atom is -0.361 e. The van der Waals surface area contributed by atoms with Crippen molar-refractivity contribution in [2.24, 2.45) is 16.6 Å². The summed E-state index contributed by atoms with van der Waals surface area (Å²) in [7, 11) is 4.61. The lowest BCUT2D eigenvalue weighted by molar-refractivity contribution is -0.134. The summed E-state index contributed by atoms with van der Waals surface area (Å²) in [5.41, 5.74) is 4.28. The first-order valence-electron chi connectivity index (χ1n) is 15.9. The van der Waals surface area contributed by atoms with Crippen LogP contribution in [-0.2, 0) is 23.9 Å². The summed E-state index contributed by atoms with van der Waals surface area (Å²) in [5, 5.41) is 7.33. The molecule has 0 aromatic rings. The van der Waals surface area contributed by atoms with Crippen molar-refractivity contribution < 1.29 is 23.9 Å². The molecule has 1 saturated carbocycles. The van der Waals surface area contributed by atoms with E-state index in [0.717, 1.165) is 18.6 Å². The van der Waals surface area contributed by atoms with Gasteiger partial charge in [-0.3, -0.25) is 9.59 Å². The van der Waals surface area contributed by atoms with E-state index in [4.69, 9.17) is 10.5 Å². The van der Waals surface area contributed by atoms with E-state index in [1.165, 1.54) is 0 Å². The predicted octanol–water partition coefficient (Wildman–Crippen LogP) is 0.751. The summed E-state index contributed by atoms with van der Waals surface area (Å²) in [4.78, 5) is 50.9. The van der Waals surface area contributed by atoms with Gasteiger partial charge in [-0.15, -0.1) is 0 Å². The Morgan fingerprint density at radius 2 is 1.35 bits per heavy atom. The number of amides is 1. The molecule has 5 unspecified atom stereocenters. The Balaban J connectivity index is 2.65. The number of hydrogen-bond donors (Lipinski definition) is 3. The number of rotatable bonds is 20. The molecule has 0 bridgehead atoms. The quantitative estimate of drug-likeness (QED) is 0.131. The van der Waals surface area contributed by atoms with E-state index in [0.29, 0.717) is 49.9 Å². The second kappa shape index (κ2) is 17.3. The van der Waals surface area contributed by atoms with Crippen LogP contribution in [0.2, 0.25) is 0 Å². The van der Waals surface area contributed by atoms with E-state index >= 15 is 0 Å². The van der Waals surface area contributed by atoms with Crippen molar-refractivity contribution >= 4 is 76.4 Å². The van der Waals surface area contributed by atoms with E-state index in [9.17, 15) is 19.2 Å². The molecule has 0 heterocycles. The molecule has 0 radical (unpaired) electrons. The minimum absolute atomic E-state index is 0.0254. The molecule has 1 amide bonds. The van der Waals surface area contributed by atoms with Crippen LogP contribution in [0.1, 0.15) is 94.4 Å². The molecule has 0 aliphatic heterocycles. The van der Waals surface area contributed by atoms with Crippen LogP contribution in [0.5, 0.6) is 0 Å². The first kappa shape index (κ1) is 40.3. The lowest BCUT2D eigenvalue weighted by Gasteiger charge is -2.38. The summed E-state index contributed by atoms with van der Waals surface area (Å²) in [6.07, 6.45) is 3.35. The second-order valence-corrected chi connectivity index (χ2v) is 17.4. The van der Waals surface area contributed by atoms with Gasteiger partial charge in [-0.05, 0) is 53.4 Å². The first-order valence-corrected chi connectivity index (χ1v) is 18.0. The predicted molar refractivity (Wildman–Crippen MR) is 192 cm³/mol. The molecule has 1 aliphatic rings. The smallest absolute Gasteiger partial charge is 0.226 e. The highest BCUT2D eigenvalue weighted by Crippen LogP contribution is 2.40. The number of nitrogens with one attached hydrogen (secondary N) is 2. The molecule has 1 aliphatic carbocycles. The van der Waals surface area contributed by atoms with Gasteiger partial charge in [0.25, 0.3) is 0 Å². The van der Waals surface area contributed by atoms with E-state index in [1.807, 2.05) is 61.9 Å². The normalized spacial score (nSPS) is 20.2. The number of ether oxygens (including phenoxy) is 1. The van der Waals surface area contributed by atoms with Crippen LogP contribution >= 0.6 is 23.5 Å². The fraction of sp³-hybridized carbons (Fsp3) is 0.862. The molecular formula is C29H57B4N3O5S2. The van der Waals surface area contributed by atoms with Crippen molar-refractivity contribution in [3.05, 3.63) is 0 Å². The Morgan fingerprint density at radius 3 is 1.79 bits per heavy atom. The zero-order chi connectivity index (χ0) is 33.2. The summed E-state index contributed by atoms with van der Waals surface area (Å²) >= 11 is 3.60. The molecule has 8 nitrogen and oxygen atoms in total. The number of carbonyl (C=O) groups is 4. The van der Waals surface area contributed by atoms with Gasteiger partial charge in [0.15, 0.2) is 14.3 Å². The largest absolute Gasteiger partial charge is 0.361 e. The van der Waals surface area contributed by atoms with E-state index in [2.05, 4.69) is 31.4 Å². The summed E-state index contributed by atoms with van der Waals surface area (Å²) in [6.45, 7) is 17.6. The molecule has 4 N–H and O–H groups in total. The van der Waals surface area contributed by atoms with Crippen molar-refractivity contribution in [2.45, 2.75) is 128 Å². The van der Waals surface area contributed by atoms with Crippen LogP contribution in [0.4, 0.5) is 0 Å². The first-order chi connectivity index (χ1) is 19.6. The van der Waals surface area contributed by atoms with Gasteiger partial charge in [0.1, 0.15) is 17.2 Å².